The van der Waals surface area contributed by atoms with E-state index in [-0.39, 0.29) is 12.5 Å². The lowest BCUT2D eigenvalue weighted by Crippen LogP contribution is -2.15. The summed E-state index contributed by atoms with van der Waals surface area (Å²) in [6, 6.07) is 5.41. The number of anilines is 1. The number of nitrogens with two attached hydrogens (primary N) is 1. The van der Waals surface area contributed by atoms with Crippen molar-refractivity contribution in [2.75, 3.05) is 12.3 Å². The van der Waals surface area contributed by atoms with Gasteiger partial charge in [0.25, 0.3) is 0 Å². The molecule has 0 aliphatic rings. The largest absolute Gasteiger partial charge is 0.464 e. The van der Waals surface area contributed by atoms with Gasteiger partial charge in [-0.2, -0.15) is 5.10 Å². The van der Waals surface area contributed by atoms with Crippen molar-refractivity contribution in [3.63, 3.8) is 0 Å². The Balaban J connectivity index is 1.72. The Kier molecular flexibility index (Phi) is 3.90. The van der Waals surface area contributed by atoms with Crippen molar-refractivity contribution in [2.24, 2.45) is 0 Å². The normalized spacial score (nSPS) is 10.2. The molecule has 0 unspecified atom stereocenters. The van der Waals surface area contributed by atoms with E-state index in [0.29, 0.717) is 18.8 Å². The third-order valence-corrected chi connectivity index (χ3v) is 2.36. The minimum absolute atomic E-state index is 0.0769. The number of hydrogen-bond acceptors (Lipinski definition) is 5. The quantitative estimate of drug-likeness (QED) is 0.783. The van der Waals surface area contributed by atoms with Crippen LogP contribution in [0.2, 0.25) is 0 Å². The number of hydrogen-bond donors (Lipinski definition) is 1. The van der Waals surface area contributed by atoms with Crippen molar-refractivity contribution < 1.29 is 9.53 Å². The monoisotopic (exact) mass is 246 g/mol. The molecular weight excluding hydrogens is 232 g/mol. The minimum Gasteiger partial charge on any atom is -0.464 e. The Morgan fingerprint density at radius 1 is 1.33 bits per heavy atom. The van der Waals surface area contributed by atoms with Crippen LogP contribution in [0.1, 0.15) is 5.56 Å². The highest BCUT2D eigenvalue weighted by Gasteiger charge is 2.05. The number of aromatic nitrogens is 3. The van der Waals surface area contributed by atoms with Gasteiger partial charge in [0, 0.05) is 25.0 Å². The van der Waals surface area contributed by atoms with Crippen LogP contribution in [0.5, 0.6) is 0 Å². The molecule has 0 spiro atoms. The number of esters is 1. The van der Waals surface area contributed by atoms with Crippen LogP contribution in [-0.2, 0) is 22.5 Å². The van der Waals surface area contributed by atoms with E-state index in [1.807, 2.05) is 12.1 Å². The Bertz CT molecular complexity index is 510. The first-order chi connectivity index (χ1) is 8.74. The van der Waals surface area contributed by atoms with Crippen LogP contribution < -0.4 is 5.73 Å². The zero-order chi connectivity index (χ0) is 12.8. The molecule has 2 aromatic rings. The van der Waals surface area contributed by atoms with Crippen molar-refractivity contribution in [1.82, 2.24) is 14.8 Å². The fourth-order valence-electron chi connectivity index (χ4n) is 1.48. The summed E-state index contributed by atoms with van der Waals surface area (Å²) >= 11 is 0. The molecule has 0 fully saturated rings. The fourth-order valence-corrected chi connectivity index (χ4v) is 1.48. The van der Waals surface area contributed by atoms with Crippen LogP contribution in [0, 0.1) is 0 Å². The molecule has 0 aromatic carbocycles. The Labute approximate surface area is 104 Å². The van der Waals surface area contributed by atoms with Crippen molar-refractivity contribution >= 4 is 11.8 Å². The molecule has 0 radical (unpaired) electrons. The number of rotatable bonds is 5. The lowest BCUT2D eigenvalue weighted by Gasteiger charge is -2.04. The molecule has 6 nitrogen and oxygen atoms in total. The van der Waals surface area contributed by atoms with Crippen LogP contribution in [0.15, 0.2) is 36.8 Å². The SMILES string of the molecule is Nc1ccn(CC(=O)OCCc2ccncc2)n1. The highest BCUT2D eigenvalue weighted by atomic mass is 16.5. The van der Waals surface area contributed by atoms with Gasteiger partial charge in [-0.3, -0.25) is 14.5 Å². The molecule has 0 bridgehead atoms. The first-order valence-electron chi connectivity index (χ1n) is 5.57. The van der Waals surface area contributed by atoms with E-state index in [1.54, 1.807) is 24.7 Å². The highest BCUT2D eigenvalue weighted by molar-refractivity contribution is 5.69. The van der Waals surface area contributed by atoms with Gasteiger partial charge in [0.15, 0.2) is 0 Å². The van der Waals surface area contributed by atoms with Crippen LogP contribution in [0.3, 0.4) is 0 Å². The van der Waals surface area contributed by atoms with E-state index in [9.17, 15) is 4.79 Å². The lowest BCUT2D eigenvalue weighted by atomic mass is 10.2. The van der Waals surface area contributed by atoms with E-state index in [4.69, 9.17) is 10.5 Å². The molecule has 0 aliphatic carbocycles. The Morgan fingerprint density at radius 3 is 2.78 bits per heavy atom. The van der Waals surface area contributed by atoms with Crippen molar-refractivity contribution in [3.8, 4) is 0 Å². The summed E-state index contributed by atoms with van der Waals surface area (Å²) in [4.78, 5) is 15.4. The summed E-state index contributed by atoms with van der Waals surface area (Å²) in [6.07, 6.45) is 5.74. The molecular formula is C12H14N4O2. The van der Waals surface area contributed by atoms with E-state index in [1.165, 1.54) is 4.68 Å². The molecule has 0 atom stereocenters. The average Bonchev–Trinajstić information content (AvgIpc) is 2.76. The van der Waals surface area contributed by atoms with E-state index in [2.05, 4.69) is 10.1 Å². The standard InChI is InChI=1S/C12H14N4O2/c13-11-3-7-16(15-11)9-12(17)18-8-4-10-1-5-14-6-2-10/h1-3,5-7H,4,8-9H2,(H2,13,15). The van der Waals surface area contributed by atoms with E-state index < -0.39 is 0 Å². The summed E-state index contributed by atoms with van der Waals surface area (Å²) < 4.78 is 6.55. The highest BCUT2D eigenvalue weighted by Crippen LogP contribution is 1.99. The molecule has 94 valence electrons. The van der Waals surface area contributed by atoms with Gasteiger partial charge >= 0.3 is 5.97 Å². The van der Waals surface area contributed by atoms with Gasteiger partial charge in [-0.25, -0.2) is 0 Å². The smallest absolute Gasteiger partial charge is 0.327 e. The molecule has 18 heavy (non-hydrogen) atoms. The predicted octanol–water partition coefficient (Wildman–Crippen LogP) is 0.646. The first kappa shape index (κ1) is 12.1. The zero-order valence-electron chi connectivity index (χ0n) is 9.82. The molecule has 0 amide bonds. The summed E-state index contributed by atoms with van der Waals surface area (Å²) in [6.45, 7) is 0.424. The van der Waals surface area contributed by atoms with Crippen molar-refractivity contribution in [2.45, 2.75) is 13.0 Å². The van der Waals surface area contributed by atoms with Crippen LogP contribution in [-0.4, -0.2) is 27.3 Å². The van der Waals surface area contributed by atoms with Crippen LogP contribution >= 0.6 is 0 Å². The molecule has 0 saturated carbocycles. The molecule has 2 heterocycles. The maximum atomic E-state index is 11.5. The number of ether oxygens (including phenoxy) is 1. The number of carbonyl (C=O) groups is 1. The number of pyridine rings is 1. The minimum atomic E-state index is -0.327. The van der Waals surface area contributed by atoms with E-state index >= 15 is 0 Å². The van der Waals surface area contributed by atoms with Crippen LogP contribution in [0.4, 0.5) is 5.82 Å². The van der Waals surface area contributed by atoms with Crippen molar-refractivity contribution in [1.29, 1.82) is 0 Å². The van der Waals surface area contributed by atoms with Crippen molar-refractivity contribution in [3.05, 3.63) is 42.4 Å². The number of nitrogen functional groups attached to an aromatic ring is 1. The third-order valence-electron chi connectivity index (χ3n) is 2.36. The summed E-state index contributed by atoms with van der Waals surface area (Å²) in [5.41, 5.74) is 6.52. The first-order valence-corrected chi connectivity index (χ1v) is 5.57. The van der Waals surface area contributed by atoms with Gasteiger partial charge in [0.05, 0.1) is 6.61 Å². The molecule has 2 aromatic heterocycles. The Morgan fingerprint density at radius 2 is 2.11 bits per heavy atom. The Hall–Kier alpha value is -2.37. The van der Waals surface area contributed by atoms with E-state index in [0.717, 1.165) is 5.56 Å². The predicted molar refractivity (Wildman–Crippen MR) is 65.5 cm³/mol. The van der Waals surface area contributed by atoms with Crippen LogP contribution in [0.25, 0.3) is 0 Å². The lowest BCUT2D eigenvalue weighted by molar-refractivity contribution is -0.144. The van der Waals surface area contributed by atoms with Gasteiger partial charge < -0.3 is 10.5 Å². The summed E-state index contributed by atoms with van der Waals surface area (Å²) in [5.74, 6) is 0.0618. The van der Waals surface area contributed by atoms with Gasteiger partial charge in [-0.05, 0) is 23.8 Å². The fraction of sp³-hybridized carbons (Fsp3) is 0.250. The molecule has 6 heteroatoms. The molecule has 2 rings (SSSR count). The second-order valence-corrected chi connectivity index (χ2v) is 3.76. The molecule has 2 N–H and O–H groups in total. The van der Waals surface area contributed by atoms with Gasteiger partial charge in [0.2, 0.25) is 0 Å². The molecule has 0 aliphatic heterocycles. The average molecular weight is 246 g/mol. The van der Waals surface area contributed by atoms with Gasteiger partial charge in [-0.15, -0.1) is 0 Å². The van der Waals surface area contributed by atoms with Gasteiger partial charge in [-0.1, -0.05) is 0 Å². The number of nitrogens with zero attached hydrogens (tertiary/aromatic N) is 3. The van der Waals surface area contributed by atoms with Gasteiger partial charge in [0.1, 0.15) is 12.4 Å². The maximum Gasteiger partial charge on any atom is 0.327 e. The zero-order valence-corrected chi connectivity index (χ0v) is 9.82. The second-order valence-electron chi connectivity index (χ2n) is 3.76. The summed E-state index contributed by atoms with van der Waals surface area (Å²) in [5, 5.41) is 3.90. The second kappa shape index (κ2) is 5.81. The number of carbonyl (C=O) groups excluding carboxylic acids is 1. The topological polar surface area (TPSA) is 83.0 Å². The maximum absolute atomic E-state index is 11.5. The molecule has 0 saturated heterocycles. The third kappa shape index (κ3) is 3.58. The summed E-state index contributed by atoms with van der Waals surface area (Å²) in [7, 11) is 0.